The normalized spacial score (nSPS) is 15.7. The van der Waals surface area contributed by atoms with Gasteiger partial charge in [0.15, 0.2) is 5.11 Å². The number of nitrogens with one attached hydrogen (secondary N) is 2. The Morgan fingerprint density at radius 2 is 1.96 bits per heavy atom. The molecule has 1 fully saturated rings. The minimum atomic E-state index is -0.421. The van der Waals surface area contributed by atoms with E-state index in [1.807, 2.05) is 30.3 Å². The van der Waals surface area contributed by atoms with E-state index < -0.39 is 6.09 Å². The first-order valence-corrected chi connectivity index (χ1v) is 8.16. The lowest BCUT2D eigenvalue weighted by Gasteiger charge is -2.22. The maximum atomic E-state index is 11.9. The van der Waals surface area contributed by atoms with Crippen LogP contribution in [0.3, 0.4) is 0 Å². The zero-order valence-corrected chi connectivity index (χ0v) is 13.8. The van der Waals surface area contributed by atoms with Crippen LogP contribution in [0.25, 0.3) is 0 Å². The van der Waals surface area contributed by atoms with E-state index in [9.17, 15) is 4.79 Å². The maximum absolute atomic E-state index is 11.9. The molecule has 0 bridgehead atoms. The molecule has 23 heavy (non-hydrogen) atoms. The Morgan fingerprint density at radius 3 is 2.61 bits per heavy atom. The average molecular weight is 334 g/mol. The van der Waals surface area contributed by atoms with Gasteiger partial charge in [-0.25, -0.2) is 4.79 Å². The molecule has 0 spiro atoms. The molecule has 0 aliphatic heterocycles. The first kappa shape index (κ1) is 17.2. The van der Waals surface area contributed by atoms with Gasteiger partial charge in [0.05, 0.1) is 0 Å². The first-order chi connectivity index (χ1) is 11.1. The average Bonchev–Trinajstić information content (AvgIpc) is 2.56. The molecule has 0 atom stereocenters. The Morgan fingerprint density at radius 1 is 1.26 bits per heavy atom. The highest BCUT2D eigenvalue weighted by molar-refractivity contribution is 7.80. The molecular weight excluding hydrogens is 312 g/mol. The Bertz CT molecular complexity index is 556. The molecule has 2 rings (SSSR count). The molecule has 0 heterocycles. The van der Waals surface area contributed by atoms with E-state index in [-0.39, 0.29) is 17.8 Å². The van der Waals surface area contributed by atoms with Crippen molar-refractivity contribution in [3.8, 4) is 0 Å². The second-order valence-corrected chi connectivity index (χ2v) is 5.90. The van der Waals surface area contributed by atoms with Gasteiger partial charge in [-0.3, -0.25) is 5.43 Å². The monoisotopic (exact) mass is 334 g/mol. The van der Waals surface area contributed by atoms with Crippen LogP contribution in [0.5, 0.6) is 0 Å². The number of nitrogens with two attached hydrogens (primary N) is 1. The highest BCUT2D eigenvalue weighted by atomic mass is 32.1. The van der Waals surface area contributed by atoms with E-state index in [0.29, 0.717) is 5.71 Å². The number of carbonyl (C=O) groups excluding carboxylic acids is 1. The van der Waals surface area contributed by atoms with E-state index in [0.717, 1.165) is 31.2 Å². The molecule has 1 aromatic carbocycles. The van der Waals surface area contributed by atoms with Crippen LogP contribution in [0.1, 0.15) is 37.7 Å². The molecule has 0 unspecified atom stereocenters. The van der Waals surface area contributed by atoms with Crippen molar-refractivity contribution in [1.29, 1.82) is 0 Å². The smallest absolute Gasteiger partial charge is 0.407 e. The van der Waals surface area contributed by atoms with E-state index >= 15 is 0 Å². The van der Waals surface area contributed by atoms with E-state index in [2.05, 4.69) is 15.8 Å². The van der Waals surface area contributed by atoms with Gasteiger partial charge in [0.25, 0.3) is 0 Å². The van der Waals surface area contributed by atoms with Crippen LogP contribution < -0.4 is 16.5 Å². The van der Waals surface area contributed by atoms with Crippen molar-refractivity contribution in [2.24, 2.45) is 10.8 Å². The summed E-state index contributed by atoms with van der Waals surface area (Å²) < 4.78 is 5.29. The number of ether oxygens (including phenoxy) is 1. The van der Waals surface area contributed by atoms with Crippen LogP contribution in [0.15, 0.2) is 35.4 Å². The lowest BCUT2D eigenvalue weighted by Crippen LogP contribution is -2.37. The number of hydrogen-bond donors (Lipinski definition) is 3. The molecule has 6 nitrogen and oxygen atoms in total. The third kappa shape index (κ3) is 6.23. The summed E-state index contributed by atoms with van der Waals surface area (Å²) in [6.07, 6.45) is 5.15. The summed E-state index contributed by atoms with van der Waals surface area (Å²) in [4.78, 5) is 11.9. The van der Waals surface area contributed by atoms with E-state index in [1.165, 1.54) is 6.42 Å². The molecule has 7 heteroatoms. The zero-order chi connectivity index (χ0) is 16.5. The molecule has 124 valence electrons. The lowest BCUT2D eigenvalue weighted by atomic mass is 9.96. The number of carbonyl (C=O) groups is 1. The van der Waals surface area contributed by atoms with Gasteiger partial charge in [-0.05, 0) is 25.1 Å². The summed E-state index contributed by atoms with van der Waals surface area (Å²) >= 11 is 4.75. The van der Waals surface area contributed by atoms with E-state index in [4.69, 9.17) is 22.7 Å². The number of alkyl carbamates (subject to hydrolysis) is 1. The minimum Gasteiger partial charge on any atom is -0.443 e. The van der Waals surface area contributed by atoms with E-state index in [1.54, 1.807) is 0 Å². The van der Waals surface area contributed by atoms with Crippen molar-refractivity contribution in [2.75, 3.05) is 6.61 Å². The van der Waals surface area contributed by atoms with Gasteiger partial charge in [0.1, 0.15) is 12.3 Å². The molecule has 0 radical (unpaired) electrons. The van der Waals surface area contributed by atoms with Gasteiger partial charge in [-0.1, -0.05) is 49.6 Å². The Labute approximate surface area is 141 Å². The fourth-order valence-electron chi connectivity index (χ4n) is 2.52. The quantitative estimate of drug-likeness (QED) is 0.437. The summed E-state index contributed by atoms with van der Waals surface area (Å²) in [5, 5.41) is 7.07. The van der Waals surface area contributed by atoms with Gasteiger partial charge >= 0.3 is 6.09 Å². The predicted molar refractivity (Wildman–Crippen MR) is 94.3 cm³/mol. The Kier molecular flexibility index (Phi) is 6.80. The molecule has 1 saturated carbocycles. The maximum Gasteiger partial charge on any atom is 0.407 e. The number of nitrogens with zero attached hydrogens (tertiary/aromatic N) is 1. The molecule has 0 aromatic heterocycles. The first-order valence-electron chi connectivity index (χ1n) is 7.76. The number of benzene rings is 1. The number of rotatable bonds is 5. The van der Waals surface area contributed by atoms with Crippen molar-refractivity contribution in [3.63, 3.8) is 0 Å². The lowest BCUT2D eigenvalue weighted by molar-refractivity contribution is 0.154. The van der Waals surface area contributed by atoms with Gasteiger partial charge in [0, 0.05) is 11.6 Å². The molecule has 1 aromatic rings. The Hall–Kier alpha value is -2.15. The number of amides is 1. The minimum absolute atomic E-state index is 0.0399. The van der Waals surface area contributed by atoms with Crippen molar-refractivity contribution in [2.45, 2.75) is 38.1 Å². The van der Waals surface area contributed by atoms with Crippen LogP contribution in [0.4, 0.5) is 4.79 Å². The SMILES string of the molecule is NC(=S)NN=C(COC(=O)NC1CCCCC1)c1ccccc1. The number of thiocarbonyl (C=S) groups is 1. The summed E-state index contributed by atoms with van der Waals surface area (Å²) in [5.74, 6) is 0. The molecular formula is C16H22N4O2S. The highest BCUT2D eigenvalue weighted by Gasteiger charge is 2.17. The molecule has 1 aliphatic rings. The third-order valence-electron chi connectivity index (χ3n) is 3.68. The van der Waals surface area contributed by atoms with Crippen molar-refractivity contribution < 1.29 is 9.53 Å². The summed E-state index contributed by atoms with van der Waals surface area (Å²) in [6.45, 7) is 0.0399. The summed E-state index contributed by atoms with van der Waals surface area (Å²) in [6, 6.07) is 9.63. The summed E-state index contributed by atoms with van der Waals surface area (Å²) in [7, 11) is 0. The standard InChI is InChI=1S/C16H22N4O2S/c17-15(23)20-19-14(12-7-3-1-4-8-12)11-22-16(21)18-13-9-5-2-6-10-13/h1,3-4,7-8,13H,2,5-6,9-11H2,(H,18,21)(H3,17,20,23). The van der Waals surface area contributed by atoms with Crippen LogP contribution >= 0.6 is 12.2 Å². The van der Waals surface area contributed by atoms with Crippen LogP contribution in [0, 0.1) is 0 Å². The van der Waals surface area contributed by atoms with Gasteiger partial charge in [-0.15, -0.1) is 0 Å². The fraction of sp³-hybridized carbons (Fsp3) is 0.438. The number of hydrazone groups is 1. The largest absolute Gasteiger partial charge is 0.443 e. The van der Waals surface area contributed by atoms with Crippen molar-refractivity contribution in [3.05, 3.63) is 35.9 Å². The molecule has 4 N–H and O–H groups in total. The predicted octanol–water partition coefficient (Wildman–Crippen LogP) is 2.28. The van der Waals surface area contributed by atoms with Crippen LogP contribution in [-0.2, 0) is 4.74 Å². The molecule has 0 saturated heterocycles. The molecule has 1 amide bonds. The van der Waals surface area contributed by atoms with Gasteiger partial charge in [-0.2, -0.15) is 5.10 Å². The fourth-order valence-corrected chi connectivity index (χ4v) is 2.57. The number of hydrogen-bond acceptors (Lipinski definition) is 4. The van der Waals surface area contributed by atoms with Gasteiger partial charge in [0.2, 0.25) is 0 Å². The van der Waals surface area contributed by atoms with Crippen molar-refractivity contribution >= 4 is 29.1 Å². The van der Waals surface area contributed by atoms with Crippen LogP contribution in [-0.4, -0.2) is 29.6 Å². The van der Waals surface area contributed by atoms with Crippen molar-refractivity contribution in [1.82, 2.24) is 10.7 Å². The zero-order valence-electron chi connectivity index (χ0n) is 13.0. The second-order valence-electron chi connectivity index (χ2n) is 5.46. The molecule has 1 aliphatic carbocycles. The van der Waals surface area contributed by atoms with Gasteiger partial charge < -0.3 is 15.8 Å². The Balaban J connectivity index is 1.91. The highest BCUT2D eigenvalue weighted by Crippen LogP contribution is 2.17. The topological polar surface area (TPSA) is 88.7 Å². The summed E-state index contributed by atoms with van der Waals surface area (Å²) in [5.41, 5.74) is 9.31. The van der Waals surface area contributed by atoms with Crippen LogP contribution in [0.2, 0.25) is 0 Å². The second kappa shape index (κ2) is 9.09. The third-order valence-corrected chi connectivity index (χ3v) is 3.77.